The second kappa shape index (κ2) is 5.85. The van der Waals surface area contributed by atoms with Crippen molar-refractivity contribution in [2.45, 2.75) is 18.7 Å². The maximum absolute atomic E-state index is 13.5. The van der Waals surface area contributed by atoms with Crippen LogP contribution < -0.4 is 10.1 Å². The summed E-state index contributed by atoms with van der Waals surface area (Å²) in [6.45, 7) is 0.526. The Balaban J connectivity index is 2.13. The molecule has 122 valence electrons. The number of rotatable bonds is 3. The maximum atomic E-state index is 13.5. The van der Waals surface area contributed by atoms with Crippen LogP contribution in [-0.2, 0) is 12.6 Å². The molecule has 0 bridgehead atoms. The van der Waals surface area contributed by atoms with Crippen LogP contribution in [-0.4, -0.2) is 19.7 Å². The van der Waals surface area contributed by atoms with Crippen LogP contribution in [0.5, 0.6) is 5.75 Å². The van der Waals surface area contributed by atoms with Crippen LogP contribution in [0, 0.1) is 5.82 Å². The van der Waals surface area contributed by atoms with Gasteiger partial charge in [0, 0.05) is 18.5 Å². The molecular formula is C17H15F4NO. The molecule has 23 heavy (non-hydrogen) atoms. The summed E-state index contributed by atoms with van der Waals surface area (Å²) < 4.78 is 58.7. The Bertz CT molecular complexity index is 727. The van der Waals surface area contributed by atoms with Crippen molar-refractivity contribution in [3.63, 3.8) is 0 Å². The van der Waals surface area contributed by atoms with Gasteiger partial charge in [0.05, 0.1) is 5.56 Å². The van der Waals surface area contributed by atoms with E-state index < -0.39 is 17.6 Å². The zero-order valence-corrected chi connectivity index (χ0v) is 12.4. The minimum absolute atomic E-state index is 0.231. The standard InChI is InChI=1S/C17H15F4NO/c1-22-9-14-7-11-5-12(17(19,20)21)8-15(16(11)23-14)10-3-2-4-13(18)6-10/h2-6,8,14,22H,7,9H2,1H3. The van der Waals surface area contributed by atoms with Gasteiger partial charge >= 0.3 is 6.18 Å². The van der Waals surface area contributed by atoms with Gasteiger partial charge in [-0.3, -0.25) is 0 Å². The van der Waals surface area contributed by atoms with Crippen molar-refractivity contribution in [3.8, 4) is 16.9 Å². The third-order valence-electron chi connectivity index (χ3n) is 3.79. The number of nitrogens with one attached hydrogen (secondary N) is 1. The Hall–Kier alpha value is -2.08. The van der Waals surface area contributed by atoms with Crippen LogP contribution in [0.3, 0.4) is 0 Å². The molecule has 0 saturated heterocycles. The van der Waals surface area contributed by atoms with Crippen molar-refractivity contribution in [1.82, 2.24) is 5.32 Å². The van der Waals surface area contributed by atoms with Gasteiger partial charge in [0.15, 0.2) is 0 Å². The fourth-order valence-electron chi connectivity index (χ4n) is 2.81. The summed E-state index contributed by atoms with van der Waals surface area (Å²) in [4.78, 5) is 0. The molecule has 2 nitrogen and oxygen atoms in total. The summed E-state index contributed by atoms with van der Waals surface area (Å²) in [7, 11) is 1.75. The van der Waals surface area contributed by atoms with Crippen molar-refractivity contribution in [1.29, 1.82) is 0 Å². The Labute approximate surface area is 131 Å². The van der Waals surface area contributed by atoms with Crippen molar-refractivity contribution >= 4 is 0 Å². The van der Waals surface area contributed by atoms with Crippen LogP contribution in [0.2, 0.25) is 0 Å². The Kier molecular flexibility index (Phi) is 4.02. The summed E-state index contributed by atoms with van der Waals surface area (Å²) in [6.07, 6.45) is -4.30. The molecule has 2 aromatic carbocycles. The zero-order chi connectivity index (χ0) is 16.6. The quantitative estimate of drug-likeness (QED) is 0.860. The number of benzene rings is 2. The second-order valence-electron chi connectivity index (χ2n) is 5.52. The van der Waals surface area contributed by atoms with Gasteiger partial charge in [-0.15, -0.1) is 0 Å². The molecule has 1 heterocycles. The highest BCUT2D eigenvalue weighted by Gasteiger charge is 2.35. The van der Waals surface area contributed by atoms with E-state index in [9.17, 15) is 17.6 Å². The zero-order valence-electron chi connectivity index (χ0n) is 12.4. The molecule has 2 aromatic rings. The van der Waals surface area contributed by atoms with Crippen LogP contribution in [0.1, 0.15) is 11.1 Å². The highest BCUT2D eigenvalue weighted by atomic mass is 19.4. The number of hydrogen-bond acceptors (Lipinski definition) is 2. The molecule has 0 fully saturated rings. The lowest BCUT2D eigenvalue weighted by atomic mass is 9.97. The lowest BCUT2D eigenvalue weighted by Gasteiger charge is -2.14. The fraction of sp³-hybridized carbons (Fsp3) is 0.294. The van der Waals surface area contributed by atoms with E-state index in [-0.39, 0.29) is 11.7 Å². The molecule has 0 saturated carbocycles. The SMILES string of the molecule is CNCC1Cc2cc(C(F)(F)F)cc(-c3cccc(F)c3)c2O1. The number of fused-ring (bicyclic) bond motifs is 1. The second-order valence-corrected chi connectivity index (χ2v) is 5.52. The normalized spacial score (nSPS) is 17.0. The van der Waals surface area contributed by atoms with Gasteiger partial charge in [0.25, 0.3) is 0 Å². The smallest absolute Gasteiger partial charge is 0.416 e. The molecule has 0 spiro atoms. The van der Waals surface area contributed by atoms with Crippen LogP contribution in [0.4, 0.5) is 17.6 Å². The number of hydrogen-bond donors (Lipinski definition) is 1. The molecule has 1 aliphatic heterocycles. The van der Waals surface area contributed by atoms with E-state index in [1.54, 1.807) is 13.1 Å². The van der Waals surface area contributed by atoms with Crippen molar-refractivity contribution in [2.24, 2.45) is 0 Å². The molecule has 0 aromatic heterocycles. The molecule has 1 unspecified atom stereocenters. The predicted octanol–water partition coefficient (Wildman–Crippen LogP) is 4.03. The molecule has 0 radical (unpaired) electrons. The summed E-state index contributed by atoms with van der Waals surface area (Å²) in [5, 5.41) is 2.95. The third kappa shape index (κ3) is 3.17. The molecule has 1 aliphatic rings. The lowest BCUT2D eigenvalue weighted by Crippen LogP contribution is -2.27. The van der Waals surface area contributed by atoms with E-state index >= 15 is 0 Å². The topological polar surface area (TPSA) is 21.3 Å². The largest absolute Gasteiger partial charge is 0.488 e. The summed E-state index contributed by atoms with van der Waals surface area (Å²) in [6, 6.07) is 7.65. The minimum atomic E-state index is -4.46. The van der Waals surface area contributed by atoms with E-state index in [1.807, 2.05) is 0 Å². The average Bonchev–Trinajstić information content (AvgIpc) is 2.88. The molecular weight excluding hydrogens is 310 g/mol. The van der Waals surface area contributed by atoms with Gasteiger partial charge in [0.2, 0.25) is 0 Å². The number of alkyl halides is 3. The summed E-state index contributed by atoms with van der Waals surface area (Å²) in [5.74, 6) is -0.0951. The Morgan fingerprint density at radius 1 is 1.22 bits per heavy atom. The van der Waals surface area contributed by atoms with E-state index in [4.69, 9.17) is 4.74 Å². The lowest BCUT2D eigenvalue weighted by molar-refractivity contribution is -0.137. The monoisotopic (exact) mass is 325 g/mol. The van der Waals surface area contributed by atoms with Gasteiger partial charge in [-0.2, -0.15) is 13.2 Å². The molecule has 6 heteroatoms. The molecule has 1 atom stereocenters. The van der Waals surface area contributed by atoms with Gasteiger partial charge in [-0.25, -0.2) is 4.39 Å². The fourth-order valence-corrected chi connectivity index (χ4v) is 2.81. The molecule has 1 N–H and O–H groups in total. The van der Waals surface area contributed by atoms with Crippen molar-refractivity contribution in [3.05, 3.63) is 53.3 Å². The number of halogens is 4. The first kappa shape index (κ1) is 15.8. The Morgan fingerprint density at radius 3 is 2.65 bits per heavy atom. The first-order valence-electron chi connectivity index (χ1n) is 7.20. The molecule has 0 aliphatic carbocycles. The van der Waals surface area contributed by atoms with Crippen LogP contribution in [0.15, 0.2) is 36.4 Å². The van der Waals surface area contributed by atoms with Gasteiger partial charge in [0.1, 0.15) is 17.7 Å². The van der Waals surface area contributed by atoms with Gasteiger partial charge in [-0.1, -0.05) is 12.1 Å². The van der Waals surface area contributed by atoms with E-state index in [1.165, 1.54) is 18.2 Å². The van der Waals surface area contributed by atoms with Crippen LogP contribution >= 0.6 is 0 Å². The highest BCUT2D eigenvalue weighted by molar-refractivity contribution is 5.74. The number of likely N-dealkylation sites (N-methyl/N-ethyl adjacent to an activating group) is 1. The maximum Gasteiger partial charge on any atom is 0.416 e. The first-order valence-corrected chi connectivity index (χ1v) is 7.20. The van der Waals surface area contributed by atoms with Gasteiger partial charge < -0.3 is 10.1 Å². The summed E-state index contributed by atoms with van der Waals surface area (Å²) in [5.41, 5.74) is 0.397. The Morgan fingerprint density at radius 2 is 2.00 bits per heavy atom. The van der Waals surface area contributed by atoms with E-state index in [0.29, 0.717) is 29.8 Å². The van der Waals surface area contributed by atoms with Crippen molar-refractivity contribution < 1.29 is 22.3 Å². The van der Waals surface area contributed by atoms with E-state index in [2.05, 4.69) is 5.32 Å². The highest BCUT2D eigenvalue weighted by Crippen LogP contribution is 2.43. The first-order chi connectivity index (χ1) is 10.9. The average molecular weight is 325 g/mol. The molecule has 3 rings (SSSR count). The summed E-state index contributed by atoms with van der Waals surface area (Å²) >= 11 is 0. The minimum Gasteiger partial charge on any atom is -0.488 e. The number of ether oxygens (including phenoxy) is 1. The van der Waals surface area contributed by atoms with Crippen LogP contribution in [0.25, 0.3) is 11.1 Å². The predicted molar refractivity (Wildman–Crippen MR) is 78.9 cm³/mol. The third-order valence-corrected chi connectivity index (χ3v) is 3.79. The van der Waals surface area contributed by atoms with Crippen molar-refractivity contribution in [2.75, 3.05) is 13.6 Å². The molecule has 0 amide bonds. The van der Waals surface area contributed by atoms with E-state index in [0.717, 1.165) is 12.1 Å². The van der Waals surface area contributed by atoms with Gasteiger partial charge in [-0.05, 0) is 42.4 Å².